The molecule has 0 atom stereocenters. The molecule has 104 valence electrons. The second-order valence-corrected chi connectivity index (χ2v) is 5.26. The number of amides is 1. The molecule has 0 radical (unpaired) electrons. The van der Waals surface area contributed by atoms with Crippen molar-refractivity contribution in [3.05, 3.63) is 58.1 Å². The van der Waals surface area contributed by atoms with Gasteiger partial charge in [0.1, 0.15) is 5.75 Å². The highest BCUT2D eigenvalue weighted by molar-refractivity contribution is 9.10. The molecule has 0 saturated heterocycles. The zero-order valence-corrected chi connectivity index (χ0v) is 13.0. The molecule has 0 bridgehead atoms. The van der Waals surface area contributed by atoms with Gasteiger partial charge in [-0.15, -0.1) is 0 Å². The van der Waals surface area contributed by atoms with Gasteiger partial charge in [-0.2, -0.15) is 0 Å². The molecule has 0 aliphatic rings. The van der Waals surface area contributed by atoms with Gasteiger partial charge in [0.05, 0.1) is 12.2 Å². The van der Waals surface area contributed by atoms with Gasteiger partial charge >= 0.3 is 0 Å². The van der Waals surface area contributed by atoms with Gasteiger partial charge < -0.3 is 10.1 Å². The third-order valence-electron chi connectivity index (χ3n) is 2.88. The number of para-hydroxylation sites is 1. The Morgan fingerprint density at radius 1 is 1.25 bits per heavy atom. The predicted molar refractivity (Wildman–Crippen MR) is 84.4 cm³/mol. The van der Waals surface area contributed by atoms with Gasteiger partial charge in [0.25, 0.3) is 5.91 Å². The summed E-state index contributed by atoms with van der Waals surface area (Å²) in [5.41, 5.74) is 2.33. The second-order valence-electron chi connectivity index (χ2n) is 4.34. The fourth-order valence-corrected chi connectivity index (χ4v) is 2.22. The van der Waals surface area contributed by atoms with Gasteiger partial charge in [-0.3, -0.25) is 4.79 Å². The van der Waals surface area contributed by atoms with Gasteiger partial charge in [0, 0.05) is 10.2 Å². The van der Waals surface area contributed by atoms with E-state index in [0.29, 0.717) is 17.9 Å². The number of carbonyl (C=O) groups excluding carboxylic acids is 1. The summed E-state index contributed by atoms with van der Waals surface area (Å²) in [4.78, 5) is 12.4. The Hall–Kier alpha value is -1.81. The molecule has 0 spiro atoms. The van der Waals surface area contributed by atoms with Crippen molar-refractivity contribution in [3.63, 3.8) is 0 Å². The van der Waals surface area contributed by atoms with Crippen molar-refractivity contribution in [1.82, 2.24) is 0 Å². The normalized spacial score (nSPS) is 10.2. The van der Waals surface area contributed by atoms with Crippen LogP contribution in [0.15, 0.2) is 46.9 Å². The molecule has 0 unspecified atom stereocenters. The lowest BCUT2D eigenvalue weighted by Gasteiger charge is -2.12. The average Bonchev–Trinajstić information content (AvgIpc) is 2.44. The van der Waals surface area contributed by atoms with Crippen LogP contribution in [0.1, 0.15) is 22.8 Å². The van der Waals surface area contributed by atoms with Crippen LogP contribution >= 0.6 is 15.9 Å². The number of hydrogen-bond donors (Lipinski definition) is 1. The number of nitrogens with one attached hydrogen (secondary N) is 1. The largest absolute Gasteiger partial charge is 0.493 e. The van der Waals surface area contributed by atoms with Crippen LogP contribution in [0, 0.1) is 6.92 Å². The first-order valence-electron chi connectivity index (χ1n) is 6.41. The molecular formula is C16H16BrNO2. The van der Waals surface area contributed by atoms with Crippen LogP contribution in [0.25, 0.3) is 0 Å². The van der Waals surface area contributed by atoms with E-state index in [4.69, 9.17) is 4.74 Å². The third-order valence-corrected chi connectivity index (χ3v) is 3.37. The van der Waals surface area contributed by atoms with E-state index in [1.165, 1.54) is 0 Å². The van der Waals surface area contributed by atoms with Crippen LogP contribution in [0.4, 0.5) is 5.69 Å². The van der Waals surface area contributed by atoms with Crippen LogP contribution in [0.5, 0.6) is 5.75 Å². The van der Waals surface area contributed by atoms with E-state index in [9.17, 15) is 4.79 Å². The molecule has 0 aromatic heterocycles. The van der Waals surface area contributed by atoms with E-state index in [-0.39, 0.29) is 5.91 Å². The maximum absolute atomic E-state index is 12.4. The lowest BCUT2D eigenvalue weighted by atomic mass is 10.1. The fraction of sp³-hybridized carbons (Fsp3) is 0.188. The number of rotatable bonds is 4. The average molecular weight is 334 g/mol. The smallest absolute Gasteiger partial charge is 0.259 e. The van der Waals surface area contributed by atoms with E-state index in [1.807, 2.05) is 44.2 Å². The number of hydrogen-bond acceptors (Lipinski definition) is 2. The van der Waals surface area contributed by atoms with Gasteiger partial charge in [-0.25, -0.2) is 0 Å². The van der Waals surface area contributed by atoms with Crippen molar-refractivity contribution in [2.75, 3.05) is 11.9 Å². The minimum atomic E-state index is -0.171. The minimum absolute atomic E-state index is 0.171. The summed E-state index contributed by atoms with van der Waals surface area (Å²) >= 11 is 3.41. The number of halogens is 1. The lowest BCUT2D eigenvalue weighted by molar-refractivity contribution is 0.102. The molecule has 1 N–H and O–H groups in total. The first-order valence-corrected chi connectivity index (χ1v) is 7.20. The molecule has 0 aliphatic heterocycles. The Bertz CT molecular complexity index is 626. The molecule has 2 aromatic carbocycles. The third kappa shape index (κ3) is 3.39. The maximum atomic E-state index is 12.4. The summed E-state index contributed by atoms with van der Waals surface area (Å²) in [5, 5.41) is 2.92. The Balaban J connectivity index is 2.26. The Kier molecular flexibility index (Phi) is 4.79. The van der Waals surface area contributed by atoms with Gasteiger partial charge in [0.2, 0.25) is 0 Å². The molecule has 2 aromatic rings. The van der Waals surface area contributed by atoms with Gasteiger partial charge in [0.15, 0.2) is 0 Å². The Labute approximate surface area is 127 Å². The lowest BCUT2D eigenvalue weighted by Crippen LogP contribution is -2.14. The van der Waals surface area contributed by atoms with Crippen LogP contribution in [-0.4, -0.2) is 12.5 Å². The fourth-order valence-electron chi connectivity index (χ4n) is 1.85. The molecule has 4 heteroatoms. The van der Waals surface area contributed by atoms with E-state index >= 15 is 0 Å². The first-order chi connectivity index (χ1) is 9.61. The molecule has 0 fully saturated rings. The van der Waals surface area contributed by atoms with E-state index < -0.39 is 0 Å². The highest BCUT2D eigenvalue weighted by Gasteiger charge is 2.13. The molecule has 2 rings (SSSR count). The molecule has 1 amide bonds. The second kappa shape index (κ2) is 6.57. The predicted octanol–water partition coefficient (Wildman–Crippen LogP) is 4.41. The molecule has 3 nitrogen and oxygen atoms in total. The molecule has 20 heavy (non-hydrogen) atoms. The first kappa shape index (κ1) is 14.6. The number of carbonyl (C=O) groups is 1. The van der Waals surface area contributed by atoms with Gasteiger partial charge in [-0.1, -0.05) is 34.1 Å². The Morgan fingerprint density at radius 3 is 2.75 bits per heavy atom. The molecule has 0 heterocycles. The van der Waals surface area contributed by atoms with Crippen molar-refractivity contribution >= 4 is 27.5 Å². The summed E-state index contributed by atoms with van der Waals surface area (Å²) in [5.74, 6) is 0.426. The summed E-state index contributed by atoms with van der Waals surface area (Å²) in [6, 6.07) is 13.0. The van der Waals surface area contributed by atoms with Crippen LogP contribution in [0.2, 0.25) is 0 Å². The topological polar surface area (TPSA) is 38.3 Å². The summed E-state index contributed by atoms with van der Waals surface area (Å²) in [6.45, 7) is 4.38. The van der Waals surface area contributed by atoms with Crippen LogP contribution in [0.3, 0.4) is 0 Å². The Morgan fingerprint density at radius 2 is 2.00 bits per heavy atom. The van der Waals surface area contributed by atoms with Crippen molar-refractivity contribution in [3.8, 4) is 5.75 Å². The summed E-state index contributed by atoms with van der Waals surface area (Å²) in [6.07, 6.45) is 0. The SMILES string of the molecule is CCOc1ccccc1C(=O)Nc1cc(Br)ccc1C. The zero-order valence-electron chi connectivity index (χ0n) is 11.4. The van der Waals surface area contributed by atoms with Crippen molar-refractivity contribution in [1.29, 1.82) is 0 Å². The number of ether oxygens (including phenoxy) is 1. The van der Waals surface area contributed by atoms with E-state index in [2.05, 4.69) is 21.2 Å². The van der Waals surface area contributed by atoms with Gasteiger partial charge in [-0.05, 0) is 43.7 Å². The van der Waals surface area contributed by atoms with Crippen molar-refractivity contribution in [2.45, 2.75) is 13.8 Å². The quantitative estimate of drug-likeness (QED) is 0.899. The van der Waals surface area contributed by atoms with E-state index in [0.717, 1.165) is 15.7 Å². The molecule has 0 aliphatic carbocycles. The standard InChI is InChI=1S/C16H16BrNO2/c1-3-20-15-7-5-4-6-13(15)16(19)18-14-10-12(17)9-8-11(14)2/h4-10H,3H2,1-2H3,(H,18,19). The highest BCUT2D eigenvalue weighted by atomic mass is 79.9. The number of anilines is 1. The van der Waals surface area contributed by atoms with Crippen LogP contribution in [-0.2, 0) is 0 Å². The number of benzene rings is 2. The summed E-state index contributed by atoms with van der Waals surface area (Å²) < 4.78 is 6.41. The minimum Gasteiger partial charge on any atom is -0.493 e. The highest BCUT2D eigenvalue weighted by Crippen LogP contribution is 2.23. The monoisotopic (exact) mass is 333 g/mol. The maximum Gasteiger partial charge on any atom is 0.259 e. The van der Waals surface area contributed by atoms with E-state index in [1.54, 1.807) is 12.1 Å². The zero-order chi connectivity index (χ0) is 14.5. The van der Waals surface area contributed by atoms with Crippen LogP contribution < -0.4 is 10.1 Å². The summed E-state index contributed by atoms with van der Waals surface area (Å²) in [7, 11) is 0. The van der Waals surface area contributed by atoms with Crippen molar-refractivity contribution < 1.29 is 9.53 Å². The molecular weight excluding hydrogens is 318 g/mol. The molecule has 0 saturated carbocycles. The number of aryl methyl sites for hydroxylation is 1. The van der Waals surface area contributed by atoms with Crippen molar-refractivity contribution in [2.24, 2.45) is 0 Å².